The minimum absolute atomic E-state index is 0.380. The van der Waals surface area contributed by atoms with Crippen LogP contribution in [0, 0.1) is 30.3 Å². The van der Waals surface area contributed by atoms with Crippen LogP contribution >= 0.6 is 11.8 Å². The molecule has 0 fully saturated rings. The Hall–Kier alpha value is -2.80. The second-order valence-corrected chi connectivity index (χ2v) is 4.87. The molecule has 3 N–H and O–H groups in total. The first-order chi connectivity index (χ1) is 10.1. The number of hydrogen-bond donors (Lipinski definition) is 2. The van der Waals surface area contributed by atoms with Crippen LogP contribution in [0.15, 0.2) is 17.0 Å². The van der Waals surface area contributed by atoms with E-state index >= 15 is 0 Å². The molecule has 0 aliphatic carbocycles. The molecular weight excluding hydrogens is 324 g/mol. The summed E-state index contributed by atoms with van der Waals surface area (Å²) in [6, 6.07) is -0.261. The van der Waals surface area contributed by atoms with E-state index in [4.69, 9.17) is 10.8 Å². The van der Waals surface area contributed by atoms with Crippen molar-refractivity contribution in [3.8, 4) is 0 Å². The zero-order valence-corrected chi connectivity index (χ0v) is 11.4. The molecule has 0 saturated heterocycles. The molecule has 0 saturated carbocycles. The molecule has 0 bridgehead atoms. The van der Waals surface area contributed by atoms with Crippen molar-refractivity contribution >= 4 is 34.8 Å². The maximum Gasteiger partial charge on any atom is 0.321 e. The molecule has 1 aromatic carbocycles. The summed E-state index contributed by atoms with van der Waals surface area (Å²) in [5.41, 5.74) is 2.70. The highest BCUT2D eigenvalue weighted by atomic mass is 32.2. The van der Waals surface area contributed by atoms with Gasteiger partial charge in [0.25, 0.3) is 17.1 Å². The quantitative estimate of drug-likeness (QED) is 0.411. The number of nitrogens with two attached hydrogens (primary N) is 1. The summed E-state index contributed by atoms with van der Waals surface area (Å²) in [6.07, 6.45) is 0. The zero-order valence-electron chi connectivity index (χ0n) is 10.6. The molecule has 12 nitrogen and oxygen atoms in total. The number of benzene rings is 1. The van der Waals surface area contributed by atoms with E-state index in [1.54, 1.807) is 0 Å². The summed E-state index contributed by atoms with van der Waals surface area (Å²) in [5, 5.41) is 41.2. The highest BCUT2D eigenvalue weighted by Gasteiger charge is 2.31. The Bertz CT molecular complexity index is 628. The lowest BCUT2D eigenvalue weighted by Gasteiger charge is -2.07. The van der Waals surface area contributed by atoms with Gasteiger partial charge in [0.05, 0.1) is 26.9 Å². The fourth-order valence-electron chi connectivity index (χ4n) is 1.35. The molecule has 1 atom stereocenters. The van der Waals surface area contributed by atoms with Crippen LogP contribution in [-0.2, 0) is 4.79 Å². The molecule has 118 valence electrons. The average molecular weight is 332 g/mol. The van der Waals surface area contributed by atoms with Gasteiger partial charge in [-0.3, -0.25) is 35.1 Å². The molecule has 1 aromatic rings. The van der Waals surface area contributed by atoms with Crippen molar-refractivity contribution in [3.63, 3.8) is 0 Å². The summed E-state index contributed by atoms with van der Waals surface area (Å²) in [6.45, 7) is 0. The minimum atomic E-state index is -1.40. The molecule has 1 rings (SSSR count). The summed E-state index contributed by atoms with van der Waals surface area (Å²) >= 11 is 0.475. The van der Waals surface area contributed by atoms with Crippen molar-refractivity contribution in [2.24, 2.45) is 5.73 Å². The van der Waals surface area contributed by atoms with Crippen LogP contribution in [0.4, 0.5) is 17.1 Å². The number of rotatable bonds is 7. The third kappa shape index (κ3) is 3.86. The van der Waals surface area contributed by atoms with Crippen LogP contribution in [0.25, 0.3) is 0 Å². The number of hydrogen-bond acceptors (Lipinski definition) is 9. The molecule has 0 aliphatic heterocycles. The Morgan fingerprint density at radius 3 is 1.91 bits per heavy atom. The first-order valence-corrected chi connectivity index (χ1v) is 6.36. The smallest absolute Gasteiger partial charge is 0.321 e. The third-order valence-electron chi connectivity index (χ3n) is 2.36. The molecule has 0 spiro atoms. The highest BCUT2D eigenvalue weighted by Crippen LogP contribution is 2.40. The number of nitrogens with zero attached hydrogens (tertiary/aromatic N) is 3. The number of nitro groups is 3. The molecule has 13 heteroatoms. The predicted octanol–water partition coefficient (Wildman–Crippen LogP) is 0.915. The fourth-order valence-corrected chi connectivity index (χ4v) is 2.40. The van der Waals surface area contributed by atoms with E-state index < -0.39 is 48.7 Å². The number of non-ortho nitro benzene ring substituents is 1. The van der Waals surface area contributed by atoms with Crippen molar-refractivity contribution in [2.75, 3.05) is 5.75 Å². The van der Waals surface area contributed by atoms with Gasteiger partial charge in [0, 0.05) is 5.75 Å². The van der Waals surface area contributed by atoms with Crippen molar-refractivity contribution in [1.82, 2.24) is 0 Å². The number of carboxylic acids is 1. The Morgan fingerprint density at radius 2 is 1.59 bits per heavy atom. The SMILES string of the molecule is N[C@@H](CSc1c([N+](=O)[O-])cc([N+](=O)[O-])cc1[N+](=O)[O-])C(=O)O. The standard InChI is InChI=1S/C9H8N4O8S/c10-5(9(14)15)3-22-8-6(12(18)19)1-4(11(16)17)2-7(8)13(20)21/h1-2,5H,3,10H2,(H,14,15)/t5-/m0/s1. The fraction of sp³-hybridized carbons (Fsp3) is 0.222. The lowest BCUT2D eigenvalue weighted by atomic mass is 10.2. The van der Waals surface area contributed by atoms with Gasteiger partial charge in [-0.2, -0.15) is 0 Å². The van der Waals surface area contributed by atoms with Crippen molar-refractivity contribution in [2.45, 2.75) is 10.9 Å². The van der Waals surface area contributed by atoms with Crippen LogP contribution in [0.2, 0.25) is 0 Å². The summed E-state index contributed by atoms with van der Waals surface area (Å²) in [7, 11) is 0. The van der Waals surface area contributed by atoms with E-state index in [1.165, 1.54) is 0 Å². The normalized spacial score (nSPS) is 11.7. The number of thioether (sulfide) groups is 1. The maximum atomic E-state index is 10.9. The van der Waals surface area contributed by atoms with E-state index in [9.17, 15) is 35.1 Å². The molecule has 22 heavy (non-hydrogen) atoms. The van der Waals surface area contributed by atoms with Gasteiger partial charge in [-0.25, -0.2) is 0 Å². The predicted molar refractivity (Wildman–Crippen MR) is 72.7 cm³/mol. The number of aliphatic carboxylic acids is 1. The summed E-state index contributed by atoms with van der Waals surface area (Å²) in [5.74, 6) is -1.77. The second kappa shape index (κ2) is 6.77. The van der Waals surface area contributed by atoms with Crippen molar-refractivity contribution < 1.29 is 24.7 Å². The number of carbonyl (C=O) groups is 1. The van der Waals surface area contributed by atoms with E-state index in [2.05, 4.69) is 0 Å². The third-order valence-corrected chi connectivity index (χ3v) is 3.60. The summed E-state index contributed by atoms with van der Waals surface area (Å²) in [4.78, 5) is 39.6. The van der Waals surface area contributed by atoms with E-state index in [0.717, 1.165) is 0 Å². The van der Waals surface area contributed by atoms with Gasteiger partial charge in [0.1, 0.15) is 6.04 Å². The zero-order chi connectivity index (χ0) is 17.0. The Kier molecular flexibility index (Phi) is 5.31. The highest BCUT2D eigenvalue weighted by molar-refractivity contribution is 7.99. The van der Waals surface area contributed by atoms with E-state index in [0.29, 0.717) is 23.9 Å². The topological polar surface area (TPSA) is 193 Å². The van der Waals surface area contributed by atoms with Crippen molar-refractivity contribution in [3.05, 3.63) is 42.5 Å². The Balaban J connectivity index is 3.38. The maximum absolute atomic E-state index is 10.9. The summed E-state index contributed by atoms with van der Waals surface area (Å²) < 4.78 is 0. The first kappa shape index (κ1) is 17.3. The first-order valence-electron chi connectivity index (χ1n) is 5.37. The average Bonchev–Trinajstić information content (AvgIpc) is 2.42. The lowest BCUT2D eigenvalue weighted by Crippen LogP contribution is -2.32. The van der Waals surface area contributed by atoms with Gasteiger partial charge in [-0.05, 0) is 0 Å². The van der Waals surface area contributed by atoms with Crippen LogP contribution < -0.4 is 5.73 Å². The molecule has 0 amide bonds. The number of carboxylic acid groups (broad SMARTS) is 1. The van der Waals surface area contributed by atoms with Crippen LogP contribution in [0.1, 0.15) is 0 Å². The van der Waals surface area contributed by atoms with Crippen LogP contribution in [0.3, 0.4) is 0 Å². The van der Waals surface area contributed by atoms with Crippen LogP contribution in [0.5, 0.6) is 0 Å². The monoisotopic (exact) mass is 332 g/mol. The Morgan fingerprint density at radius 1 is 1.14 bits per heavy atom. The van der Waals surface area contributed by atoms with E-state index in [-0.39, 0.29) is 5.75 Å². The van der Waals surface area contributed by atoms with Crippen molar-refractivity contribution in [1.29, 1.82) is 0 Å². The van der Waals surface area contributed by atoms with Gasteiger partial charge >= 0.3 is 5.97 Å². The second-order valence-electron chi connectivity index (χ2n) is 3.84. The largest absolute Gasteiger partial charge is 0.480 e. The molecule has 0 aromatic heterocycles. The molecule has 0 unspecified atom stereocenters. The van der Waals surface area contributed by atoms with Gasteiger partial charge in [0.15, 0.2) is 4.90 Å². The molecule has 0 radical (unpaired) electrons. The number of nitro benzene ring substituents is 3. The Labute approximate surface area is 125 Å². The molecular formula is C9H8N4O8S. The van der Waals surface area contributed by atoms with Crippen LogP contribution in [-0.4, -0.2) is 37.6 Å². The van der Waals surface area contributed by atoms with Gasteiger partial charge in [-0.15, -0.1) is 11.8 Å². The minimum Gasteiger partial charge on any atom is -0.480 e. The van der Waals surface area contributed by atoms with Gasteiger partial charge in [-0.1, -0.05) is 0 Å². The van der Waals surface area contributed by atoms with Gasteiger partial charge in [0.2, 0.25) is 0 Å². The van der Waals surface area contributed by atoms with Gasteiger partial charge < -0.3 is 10.8 Å². The van der Waals surface area contributed by atoms with E-state index in [1.807, 2.05) is 0 Å². The molecule has 0 aliphatic rings. The lowest BCUT2D eigenvalue weighted by molar-refractivity contribution is -0.407. The molecule has 0 heterocycles.